The van der Waals surface area contributed by atoms with Crippen LogP contribution in [0.5, 0.6) is 11.5 Å². The molecule has 2 aliphatic rings. The lowest BCUT2D eigenvalue weighted by molar-refractivity contribution is 0.304. The number of ether oxygens (including phenoxy) is 1. The van der Waals surface area contributed by atoms with Crippen molar-refractivity contribution in [2.45, 2.75) is 71.3 Å². The van der Waals surface area contributed by atoms with Crippen LogP contribution in [0.1, 0.15) is 96.6 Å². The van der Waals surface area contributed by atoms with Gasteiger partial charge in [-0.15, -0.1) is 0 Å². The number of aromatic nitrogens is 1. The summed E-state index contributed by atoms with van der Waals surface area (Å²) in [5.74, 6) is 1.08. The molecule has 0 bridgehead atoms. The normalized spacial score (nSPS) is 14.3. The van der Waals surface area contributed by atoms with Gasteiger partial charge in [0.15, 0.2) is 0 Å². The van der Waals surface area contributed by atoms with Crippen molar-refractivity contribution in [1.82, 2.24) is 4.98 Å². The number of fused-ring (bicyclic) bond motifs is 5. The van der Waals surface area contributed by atoms with Crippen molar-refractivity contribution in [3.05, 3.63) is 183 Å². The second-order valence-electron chi connectivity index (χ2n) is 14.7. The van der Waals surface area contributed by atoms with Crippen LogP contribution in [0.4, 0.5) is 4.39 Å². The van der Waals surface area contributed by atoms with E-state index < -0.39 is 5.63 Å². The first kappa shape index (κ1) is 37.3. The molecule has 55 heavy (non-hydrogen) atoms. The number of pyridine rings is 1. The molecule has 4 aromatic carbocycles. The van der Waals surface area contributed by atoms with Crippen molar-refractivity contribution >= 4 is 12.2 Å². The molecule has 1 N–H and O–H groups in total. The van der Waals surface area contributed by atoms with Crippen molar-refractivity contribution in [2.75, 3.05) is 0 Å². The first-order valence-electron chi connectivity index (χ1n) is 19.0. The predicted molar refractivity (Wildman–Crippen MR) is 220 cm³/mol. The van der Waals surface area contributed by atoms with E-state index in [1.54, 1.807) is 12.1 Å². The molecule has 5 nitrogen and oxygen atoms in total. The molecule has 1 unspecified atom stereocenters. The molecule has 8 rings (SSSR count). The van der Waals surface area contributed by atoms with Crippen LogP contribution < -0.4 is 10.4 Å². The van der Waals surface area contributed by atoms with Crippen molar-refractivity contribution in [2.24, 2.45) is 0 Å². The maximum absolute atomic E-state index is 14.3. The van der Waals surface area contributed by atoms with E-state index in [0.717, 1.165) is 71.0 Å². The molecule has 2 aromatic heterocycles. The molecule has 0 saturated carbocycles. The molecule has 2 aliphatic carbocycles. The zero-order valence-corrected chi connectivity index (χ0v) is 31.8. The molecule has 278 valence electrons. The third kappa shape index (κ3) is 8.24. The molecule has 1 atom stereocenters. The van der Waals surface area contributed by atoms with E-state index >= 15 is 0 Å². The van der Waals surface area contributed by atoms with Gasteiger partial charge in [0, 0.05) is 23.1 Å². The number of halogens is 1. The Hall–Kier alpha value is -6.01. The summed E-state index contributed by atoms with van der Waals surface area (Å²) in [7, 11) is 0. The van der Waals surface area contributed by atoms with Crippen molar-refractivity contribution in [3.8, 4) is 33.8 Å². The molecule has 0 amide bonds. The highest BCUT2D eigenvalue weighted by Crippen LogP contribution is 2.45. The highest BCUT2D eigenvalue weighted by molar-refractivity contribution is 5.82. The Labute approximate surface area is 322 Å². The fourth-order valence-electron chi connectivity index (χ4n) is 7.77. The lowest BCUT2D eigenvalue weighted by Gasteiger charge is -2.30. The standard InChI is InChI=1S/C44H42FNO.C5H4O3/c1-28(2)43-39(25-21-32-26-40-35-15-9-8-12-30(35)20-24-38(40)37-17-11-10-16-36(32)37)42(31-18-22-33(45)23-19-31)41(44(46-43)29(3)4)27-47-34-13-6-5-7-14-34;6-4-1-2-8-5(7)3-4/h5-8,10-14,16-25,28-29,32H,9,15,26-27H2,1-4H3;1-3,6H. The summed E-state index contributed by atoms with van der Waals surface area (Å²) in [6.45, 7) is 9.17. The third-order valence-corrected chi connectivity index (χ3v) is 10.3. The van der Waals surface area contributed by atoms with Gasteiger partial charge in [0.1, 0.15) is 23.9 Å². The Bertz CT molecular complexity index is 2410. The summed E-state index contributed by atoms with van der Waals surface area (Å²) in [5.41, 5.74) is 14.1. The second-order valence-corrected chi connectivity index (χ2v) is 14.7. The Morgan fingerprint density at radius 3 is 2.33 bits per heavy atom. The minimum Gasteiger partial charge on any atom is -0.508 e. The van der Waals surface area contributed by atoms with Gasteiger partial charge in [-0.1, -0.05) is 119 Å². The molecule has 0 radical (unpaired) electrons. The predicted octanol–water partition coefficient (Wildman–Crippen LogP) is 12.0. The maximum Gasteiger partial charge on any atom is 0.339 e. The summed E-state index contributed by atoms with van der Waals surface area (Å²) >= 11 is 0. The van der Waals surface area contributed by atoms with Crippen LogP contribution in [0.3, 0.4) is 0 Å². The van der Waals surface area contributed by atoms with Gasteiger partial charge in [-0.2, -0.15) is 0 Å². The molecule has 6 aromatic rings. The molecular formula is C49H46FNO4. The van der Waals surface area contributed by atoms with Crippen LogP contribution in [0.25, 0.3) is 34.4 Å². The number of hydrogen-bond acceptors (Lipinski definition) is 5. The van der Waals surface area contributed by atoms with E-state index in [1.807, 2.05) is 42.5 Å². The highest BCUT2D eigenvalue weighted by atomic mass is 19.1. The summed E-state index contributed by atoms with van der Waals surface area (Å²) < 4.78 is 25.0. The van der Waals surface area contributed by atoms with Gasteiger partial charge in [-0.3, -0.25) is 4.98 Å². The van der Waals surface area contributed by atoms with Crippen molar-refractivity contribution < 1.29 is 18.7 Å². The molecule has 6 heteroatoms. The van der Waals surface area contributed by atoms with Gasteiger partial charge in [-0.25, -0.2) is 9.18 Å². The largest absolute Gasteiger partial charge is 0.508 e. The summed E-state index contributed by atoms with van der Waals surface area (Å²) in [6, 6.07) is 32.6. The Morgan fingerprint density at radius 1 is 0.873 bits per heavy atom. The van der Waals surface area contributed by atoms with Crippen LogP contribution in [-0.4, -0.2) is 10.1 Å². The molecule has 0 aliphatic heterocycles. The van der Waals surface area contributed by atoms with E-state index in [1.165, 1.54) is 39.4 Å². The van der Waals surface area contributed by atoms with Crippen LogP contribution in [0.15, 0.2) is 131 Å². The summed E-state index contributed by atoms with van der Waals surface area (Å²) in [5, 5.41) is 8.55. The average Bonchev–Trinajstić information content (AvgIpc) is 3.19. The molecule has 0 fully saturated rings. The first-order chi connectivity index (χ1) is 26.7. The van der Waals surface area contributed by atoms with Crippen molar-refractivity contribution in [1.29, 1.82) is 0 Å². The Kier molecular flexibility index (Phi) is 11.2. The highest BCUT2D eigenvalue weighted by Gasteiger charge is 2.28. The van der Waals surface area contributed by atoms with Gasteiger partial charge >= 0.3 is 5.63 Å². The molecule has 2 heterocycles. The van der Waals surface area contributed by atoms with Crippen molar-refractivity contribution in [3.63, 3.8) is 0 Å². The van der Waals surface area contributed by atoms with Crippen LogP contribution >= 0.6 is 0 Å². The van der Waals surface area contributed by atoms with E-state index in [-0.39, 0.29) is 29.3 Å². The number of para-hydroxylation sites is 1. The monoisotopic (exact) mass is 731 g/mol. The number of nitrogens with zero attached hydrogens (tertiary/aromatic N) is 1. The van der Waals surface area contributed by atoms with Gasteiger partial charge in [-0.05, 0) is 99.9 Å². The SMILES string of the molecule is CC(C)c1nc(C(C)C)c(COc2ccccc2)c(-c2ccc(F)cc2)c1C=CC1Cc2c(ccc3c2CCC=C3)-c2ccccc21.O=c1cc(O)cco1. The molecule has 0 saturated heterocycles. The second kappa shape index (κ2) is 16.6. The minimum absolute atomic E-state index is 0.0683. The minimum atomic E-state index is -0.537. The Balaban J connectivity index is 0.000000518. The van der Waals surface area contributed by atoms with Gasteiger partial charge in [0.25, 0.3) is 0 Å². The summed E-state index contributed by atoms with van der Waals surface area (Å²) in [6.07, 6.45) is 13.6. The fraction of sp³-hybridized carbons (Fsp3) is 0.224. The van der Waals surface area contributed by atoms with Crippen LogP contribution in [-0.2, 0) is 19.4 Å². The van der Waals surface area contributed by atoms with Gasteiger partial charge < -0.3 is 14.3 Å². The van der Waals surface area contributed by atoms with E-state index in [9.17, 15) is 9.18 Å². The Morgan fingerprint density at radius 2 is 1.62 bits per heavy atom. The van der Waals surface area contributed by atoms with Gasteiger partial charge in [0.05, 0.1) is 23.7 Å². The number of allylic oxidation sites excluding steroid dienone is 2. The fourth-order valence-corrected chi connectivity index (χ4v) is 7.77. The number of aromatic hydroxyl groups is 1. The zero-order valence-electron chi connectivity index (χ0n) is 31.8. The molecular weight excluding hydrogens is 686 g/mol. The topological polar surface area (TPSA) is 72.6 Å². The molecule has 0 spiro atoms. The lowest BCUT2D eigenvalue weighted by Crippen LogP contribution is -2.14. The van der Waals surface area contributed by atoms with Gasteiger partial charge in [0.2, 0.25) is 0 Å². The summed E-state index contributed by atoms with van der Waals surface area (Å²) in [4.78, 5) is 15.5. The maximum atomic E-state index is 14.3. The van der Waals surface area contributed by atoms with E-state index in [4.69, 9.17) is 14.8 Å². The number of hydrogen-bond donors (Lipinski definition) is 1. The number of rotatable bonds is 8. The lowest BCUT2D eigenvalue weighted by atomic mass is 9.74. The average molecular weight is 732 g/mol. The van der Waals surface area contributed by atoms with Crippen LogP contribution in [0, 0.1) is 5.82 Å². The third-order valence-electron chi connectivity index (χ3n) is 10.3. The first-order valence-corrected chi connectivity index (χ1v) is 19.0. The zero-order chi connectivity index (χ0) is 38.5. The number of benzene rings is 4. The smallest absolute Gasteiger partial charge is 0.339 e. The van der Waals surface area contributed by atoms with Crippen LogP contribution in [0.2, 0.25) is 0 Å². The van der Waals surface area contributed by atoms with E-state index in [2.05, 4.69) is 92.8 Å². The van der Waals surface area contributed by atoms with E-state index in [0.29, 0.717) is 6.61 Å². The quantitative estimate of drug-likeness (QED) is 0.169.